The summed E-state index contributed by atoms with van der Waals surface area (Å²) in [5.41, 5.74) is 2.23. The van der Waals surface area contributed by atoms with E-state index < -0.39 is 0 Å². The number of methoxy groups -OCH3 is 1. The fraction of sp³-hybridized carbons (Fsp3) is 0.688. The van der Waals surface area contributed by atoms with Gasteiger partial charge in [0, 0.05) is 44.5 Å². The SMILES string of the molecule is COCCOCCCOc1cc(CNC2CC2)cc(C)n1. The lowest BCUT2D eigenvalue weighted by molar-refractivity contribution is 0.0642. The van der Waals surface area contributed by atoms with Gasteiger partial charge in [-0.3, -0.25) is 0 Å². The molecule has 1 aliphatic rings. The minimum atomic E-state index is 0.624. The zero-order valence-electron chi connectivity index (χ0n) is 13.1. The molecule has 1 fully saturated rings. The molecule has 0 aromatic carbocycles. The summed E-state index contributed by atoms with van der Waals surface area (Å²) < 4.78 is 16.0. The molecule has 1 aromatic rings. The van der Waals surface area contributed by atoms with E-state index in [2.05, 4.69) is 16.4 Å². The van der Waals surface area contributed by atoms with E-state index in [0.717, 1.165) is 18.7 Å². The van der Waals surface area contributed by atoms with Crippen LogP contribution in [0.2, 0.25) is 0 Å². The van der Waals surface area contributed by atoms with Crippen LogP contribution >= 0.6 is 0 Å². The van der Waals surface area contributed by atoms with Gasteiger partial charge >= 0.3 is 0 Å². The van der Waals surface area contributed by atoms with Crippen molar-refractivity contribution in [1.29, 1.82) is 0 Å². The highest BCUT2D eigenvalue weighted by molar-refractivity contribution is 5.24. The molecule has 0 bridgehead atoms. The quantitative estimate of drug-likeness (QED) is 0.633. The molecule has 0 amide bonds. The topological polar surface area (TPSA) is 52.6 Å². The number of aromatic nitrogens is 1. The maximum Gasteiger partial charge on any atom is 0.213 e. The van der Waals surface area contributed by atoms with Crippen molar-refractivity contribution >= 4 is 0 Å². The molecular formula is C16H26N2O3. The van der Waals surface area contributed by atoms with Gasteiger partial charge in [0.15, 0.2) is 0 Å². The van der Waals surface area contributed by atoms with Gasteiger partial charge in [0.05, 0.1) is 19.8 Å². The van der Waals surface area contributed by atoms with Gasteiger partial charge in [0.25, 0.3) is 0 Å². The van der Waals surface area contributed by atoms with Crippen molar-refractivity contribution in [2.75, 3.05) is 33.5 Å². The fourth-order valence-electron chi connectivity index (χ4n) is 2.01. The van der Waals surface area contributed by atoms with Crippen molar-refractivity contribution in [2.45, 2.75) is 38.8 Å². The molecule has 0 atom stereocenters. The molecule has 21 heavy (non-hydrogen) atoms. The first kappa shape index (κ1) is 16.2. The lowest BCUT2D eigenvalue weighted by Crippen LogP contribution is -2.15. The first-order chi connectivity index (χ1) is 10.3. The van der Waals surface area contributed by atoms with Gasteiger partial charge in [0.2, 0.25) is 5.88 Å². The minimum Gasteiger partial charge on any atom is -0.478 e. The van der Waals surface area contributed by atoms with Gasteiger partial charge in [-0.15, -0.1) is 0 Å². The highest BCUT2D eigenvalue weighted by Gasteiger charge is 2.20. The van der Waals surface area contributed by atoms with Crippen LogP contribution in [-0.4, -0.2) is 44.6 Å². The minimum absolute atomic E-state index is 0.624. The standard InChI is InChI=1S/C16H26N2O3/c1-13-10-14(12-17-15-4-5-15)11-16(18-13)21-7-3-6-20-9-8-19-2/h10-11,15,17H,3-9,12H2,1-2H3. The Morgan fingerprint density at radius 1 is 1.19 bits per heavy atom. The Labute approximate surface area is 127 Å². The van der Waals surface area contributed by atoms with Crippen LogP contribution < -0.4 is 10.1 Å². The molecule has 1 aromatic heterocycles. The Hall–Kier alpha value is -1.17. The predicted molar refractivity (Wildman–Crippen MR) is 81.6 cm³/mol. The van der Waals surface area contributed by atoms with E-state index in [-0.39, 0.29) is 0 Å². The maximum atomic E-state index is 5.71. The molecule has 2 rings (SSSR count). The highest BCUT2D eigenvalue weighted by atomic mass is 16.5. The zero-order valence-corrected chi connectivity index (χ0v) is 13.1. The summed E-state index contributed by atoms with van der Waals surface area (Å²) in [6, 6.07) is 4.84. The van der Waals surface area contributed by atoms with Crippen LogP contribution in [0.3, 0.4) is 0 Å². The third kappa shape index (κ3) is 6.89. The van der Waals surface area contributed by atoms with Crippen molar-refractivity contribution < 1.29 is 14.2 Å². The van der Waals surface area contributed by atoms with Gasteiger partial charge in [-0.25, -0.2) is 4.98 Å². The van der Waals surface area contributed by atoms with Crippen molar-refractivity contribution in [3.63, 3.8) is 0 Å². The van der Waals surface area contributed by atoms with Crippen molar-refractivity contribution in [1.82, 2.24) is 10.3 Å². The average molecular weight is 294 g/mol. The second kappa shape index (κ2) is 8.97. The van der Waals surface area contributed by atoms with Gasteiger partial charge in [-0.2, -0.15) is 0 Å². The normalized spacial score (nSPS) is 14.4. The number of pyridine rings is 1. The van der Waals surface area contributed by atoms with Crippen molar-refractivity contribution in [3.8, 4) is 5.88 Å². The average Bonchev–Trinajstić information content (AvgIpc) is 3.28. The van der Waals surface area contributed by atoms with Crippen LogP contribution in [0.1, 0.15) is 30.5 Å². The van der Waals surface area contributed by atoms with Crippen molar-refractivity contribution in [2.24, 2.45) is 0 Å². The Morgan fingerprint density at radius 3 is 2.81 bits per heavy atom. The Balaban J connectivity index is 1.66. The molecule has 1 aliphatic carbocycles. The van der Waals surface area contributed by atoms with Crippen molar-refractivity contribution in [3.05, 3.63) is 23.4 Å². The van der Waals surface area contributed by atoms with Crippen LogP contribution in [-0.2, 0) is 16.0 Å². The summed E-state index contributed by atoms with van der Waals surface area (Å²) in [6.07, 6.45) is 3.46. The molecule has 1 heterocycles. The number of hydrogen-bond acceptors (Lipinski definition) is 5. The fourth-order valence-corrected chi connectivity index (χ4v) is 2.01. The molecule has 5 heteroatoms. The number of aryl methyl sites for hydroxylation is 1. The smallest absolute Gasteiger partial charge is 0.213 e. The Bertz CT molecular complexity index is 422. The lowest BCUT2D eigenvalue weighted by atomic mass is 10.2. The first-order valence-electron chi connectivity index (χ1n) is 7.68. The van der Waals surface area contributed by atoms with E-state index in [1.165, 1.54) is 18.4 Å². The van der Waals surface area contributed by atoms with E-state index in [1.54, 1.807) is 7.11 Å². The summed E-state index contributed by atoms with van der Waals surface area (Å²) >= 11 is 0. The van der Waals surface area contributed by atoms with Crippen LogP contribution in [0.5, 0.6) is 5.88 Å². The van der Waals surface area contributed by atoms with Gasteiger partial charge < -0.3 is 19.5 Å². The van der Waals surface area contributed by atoms with E-state index in [4.69, 9.17) is 14.2 Å². The van der Waals surface area contributed by atoms with Crippen LogP contribution in [0.15, 0.2) is 12.1 Å². The van der Waals surface area contributed by atoms with Gasteiger partial charge in [-0.1, -0.05) is 0 Å². The number of nitrogens with zero attached hydrogens (tertiary/aromatic N) is 1. The first-order valence-corrected chi connectivity index (χ1v) is 7.68. The third-order valence-electron chi connectivity index (χ3n) is 3.28. The van der Waals surface area contributed by atoms with E-state index in [0.29, 0.717) is 38.3 Å². The molecule has 0 spiro atoms. The Kier molecular flexibility index (Phi) is 6.92. The molecule has 0 unspecified atom stereocenters. The summed E-state index contributed by atoms with van der Waals surface area (Å²) in [5.74, 6) is 0.708. The van der Waals surface area contributed by atoms with Crippen LogP contribution in [0.25, 0.3) is 0 Å². The summed E-state index contributed by atoms with van der Waals surface area (Å²) in [7, 11) is 1.67. The number of hydrogen-bond donors (Lipinski definition) is 1. The number of ether oxygens (including phenoxy) is 3. The van der Waals surface area contributed by atoms with Crippen LogP contribution in [0, 0.1) is 6.92 Å². The highest BCUT2D eigenvalue weighted by Crippen LogP contribution is 2.20. The molecule has 5 nitrogen and oxygen atoms in total. The molecule has 1 saturated carbocycles. The zero-order chi connectivity index (χ0) is 14.9. The molecule has 1 N–H and O–H groups in total. The van der Waals surface area contributed by atoms with Gasteiger partial charge in [-0.05, 0) is 31.4 Å². The monoisotopic (exact) mass is 294 g/mol. The summed E-state index contributed by atoms with van der Waals surface area (Å²) in [5, 5.41) is 3.51. The maximum absolute atomic E-state index is 5.71. The number of nitrogens with one attached hydrogen (secondary N) is 1. The lowest BCUT2D eigenvalue weighted by Gasteiger charge is -2.09. The second-order valence-corrected chi connectivity index (χ2v) is 5.42. The molecule has 118 valence electrons. The predicted octanol–water partition coefficient (Wildman–Crippen LogP) is 2.07. The number of rotatable bonds is 11. The van der Waals surface area contributed by atoms with Crippen LogP contribution in [0.4, 0.5) is 0 Å². The van der Waals surface area contributed by atoms with E-state index in [1.807, 2.05) is 13.0 Å². The third-order valence-corrected chi connectivity index (χ3v) is 3.28. The van der Waals surface area contributed by atoms with E-state index in [9.17, 15) is 0 Å². The summed E-state index contributed by atoms with van der Waals surface area (Å²) in [6.45, 7) is 5.48. The molecule has 0 aliphatic heterocycles. The molecular weight excluding hydrogens is 268 g/mol. The molecule has 0 saturated heterocycles. The van der Waals surface area contributed by atoms with Gasteiger partial charge in [0.1, 0.15) is 0 Å². The Morgan fingerprint density at radius 2 is 2.05 bits per heavy atom. The summed E-state index contributed by atoms with van der Waals surface area (Å²) in [4.78, 5) is 4.41. The van der Waals surface area contributed by atoms with E-state index >= 15 is 0 Å². The second-order valence-electron chi connectivity index (χ2n) is 5.42. The largest absolute Gasteiger partial charge is 0.478 e. The molecule has 0 radical (unpaired) electrons.